The maximum Gasteiger partial charge on any atom is 0.151 e. The van der Waals surface area contributed by atoms with Gasteiger partial charge in [-0.15, -0.1) is 0 Å². The Morgan fingerprint density at radius 1 is 1.12 bits per heavy atom. The number of ether oxygens (including phenoxy) is 1. The second-order valence-electron chi connectivity index (χ2n) is 4.60. The van der Waals surface area contributed by atoms with Crippen molar-refractivity contribution in [3.63, 3.8) is 0 Å². The maximum absolute atomic E-state index is 10.2. The van der Waals surface area contributed by atoms with E-state index in [1.165, 1.54) is 0 Å². The molecule has 0 aromatic rings. The molecule has 0 aliphatic carbocycles. The molecule has 6 heteroatoms. The minimum absolute atomic E-state index is 0.0885. The summed E-state index contributed by atoms with van der Waals surface area (Å²) in [4.78, 5) is 10.2. The molecule has 4 N–H and O–H groups in total. The van der Waals surface area contributed by atoms with Gasteiger partial charge in [-0.3, -0.25) is 0 Å². The first kappa shape index (κ1) is 15.5. The van der Waals surface area contributed by atoms with Crippen molar-refractivity contribution >= 4 is 6.29 Å². The van der Waals surface area contributed by atoms with Gasteiger partial charge in [-0.25, -0.2) is 0 Å². The van der Waals surface area contributed by atoms with Crippen LogP contribution in [0.3, 0.4) is 0 Å². The van der Waals surface area contributed by atoms with E-state index in [1.807, 2.05) is 0 Å². The highest BCUT2D eigenvalue weighted by Crippen LogP contribution is 2.10. The highest BCUT2D eigenvalue weighted by atomic mass is 16.5. The van der Waals surface area contributed by atoms with Gasteiger partial charge in [0.05, 0.1) is 12.2 Å². The molecule has 0 aromatic heterocycles. The number of rotatable bonds is 6. The summed E-state index contributed by atoms with van der Waals surface area (Å²) in [7, 11) is 0. The zero-order valence-corrected chi connectivity index (χ0v) is 9.70. The van der Waals surface area contributed by atoms with Crippen LogP contribution in [0.15, 0.2) is 0 Å². The Morgan fingerprint density at radius 3 is 2.00 bits per heavy atom. The third-order valence-corrected chi connectivity index (χ3v) is 1.92. The number of aliphatic hydroxyl groups is 4. The summed E-state index contributed by atoms with van der Waals surface area (Å²) < 4.78 is 5.18. The van der Waals surface area contributed by atoms with Crippen molar-refractivity contribution in [2.75, 3.05) is 6.61 Å². The lowest BCUT2D eigenvalue weighted by atomic mass is 10.0. The molecule has 4 atom stereocenters. The second kappa shape index (κ2) is 6.27. The molecule has 2 unspecified atom stereocenters. The molecule has 0 amide bonds. The van der Waals surface area contributed by atoms with Crippen LogP contribution in [0.5, 0.6) is 0 Å². The molecule has 0 spiro atoms. The Labute approximate surface area is 94.5 Å². The highest BCUT2D eigenvalue weighted by molar-refractivity contribution is 5.56. The normalized spacial score (nSPS) is 19.9. The van der Waals surface area contributed by atoms with E-state index in [0.29, 0.717) is 0 Å². The molecule has 16 heavy (non-hydrogen) atoms. The molecule has 0 aromatic carbocycles. The van der Waals surface area contributed by atoms with E-state index >= 15 is 0 Å². The van der Waals surface area contributed by atoms with Gasteiger partial charge in [0.2, 0.25) is 0 Å². The van der Waals surface area contributed by atoms with E-state index in [1.54, 1.807) is 20.8 Å². The zero-order valence-electron chi connectivity index (χ0n) is 9.70. The fourth-order valence-electron chi connectivity index (χ4n) is 0.944. The van der Waals surface area contributed by atoms with E-state index in [2.05, 4.69) is 0 Å². The number of aldehydes is 1. The summed E-state index contributed by atoms with van der Waals surface area (Å²) in [5.41, 5.74) is -0.491. The molecule has 0 aliphatic rings. The van der Waals surface area contributed by atoms with Crippen molar-refractivity contribution in [3.05, 3.63) is 0 Å². The summed E-state index contributed by atoms with van der Waals surface area (Å²) in [5.74, 6) is 0. The van der Waals surface area contributed by atoms with Crippen LogP contribution >= 0.6 is 0 Å². The van der Waals surface area contributed by atoms with Crippen molar-refractivity contribution in [1.82, 2.24) is 0 Å². The average molecular weight is 236 g/mol. The molecule has 0 bridgehead atoms. The van der Waals surface area contributed by atoms with Crippen LogP contribution in [0.4, 0.5) is 0 Å². The summed E-state index contributed by atoms with van der Waals surface area (Å²) in [6.07, 6.45) is -6.37. The molecule has 0 heterocycles. The Kier molecular flexibility index (Phi) is 6.06. The summed E-state index contributed by atoms with van der Waals surface area (Å²) in [6, 6.07) is 0. The number of aliphatic hydroxyl groups excluding tert-OH is 4. The fourth-order valence-corrected chi connectivity index (χ4v) is 0.944. The van der Waals surface area contributed by atoms with Gasteiger partial charge in [0.15, 0.2) is 6.29 Å². The van der Waals surface area contributed by atoms with Gasteiger partial charge in [-0.2, -0.15) is 0 Å². The predicted octanol–water partition coefficient (Wildman–Crippen LogP) is -1.56. The number of hydrogen-bond donors (Lipinski definition) is 4. The highest BCUT2D eigenvalue weighted by Gasteiger charge is 2.30. The lowest BCUT2D eigenvalue weighted by Gasteiger charge is -2.27. The van der Waals surface area contributed by atoms with Crippen molar-refractivity contribution in [2.45, 2.75) is 50.8 Å². The number of carbonyl (C=O) groups is 1. The Morgan fingerprint density at radius 2 is 1.62 bits per heavy atom. The fraction of sp³-hybridized carbons (Fsp3) is 0.900. The van der Waals surface area contributed by atoms with Crippen LogP contribution < -0.4 is 0 Å². The number of carbonyl (C=O) groups excluding carboxylic acids is 1. The first-order valence-corrected chi connectivity index (χ1v) is 5.00. The maximum atomic E-state index is 10.2. The monoisotopic (exact) mass is 236 g/mol. The van der Waals surface area contributed by atoms with Crippen LogP contribution in [-0.4, -0.2) is 63.3 Å². The third-order valence-electron chi connectivity index (χ3n) is 1.92. The quantitative estimate of drug-likeness (QED) is 0.416. The lowest BCUT2D eigenvalue weighted by Crippen LogP contribution is -2.47. The predicted molar refractivity (Wildman–Crippen MR) is 55.8 cm³/mol. The van der Waals surface area contributed by atoms with E-state index in [0.717, 1.165) is 0 Å². The van der Waals surface area contributed by atoms with E-state index in [4.69, 9.17) is 9.84 Å². The molecule has 0 fully saturated rings. The molecular weight excluding hydrogens is 216 g/mol. The van der Waals surface area contributed by atoms with Crippen LogP contribution in [-0.2, 0) is 9.53 Å². The lowest BCUT2D eigenvalue weighted by molar-refractivity contribution is -0.145. The molecule has 6 nitrogen and oxygen atoms in total. The second-order valence-corrected chi connectivity index (χ2v) is 4.60. The zero-order chi connectivity index (χ0) is 12.9. The van der Waals surface area contributed by atoms with Crippen LogP contribution in [0.2, 0.25) is 0 Å². The molecule has 96 valence electrons. The summed E-state index contributed by atoms with van der Waals surface area (Å²) in [5, 5.41) is 37.0. The van der Waals surface area contributed by atoms with Gasteiger partial charge in [0.1, 0.15) is 24.4 Å². The van der Waals surface area contributed by atoms with Gasteiger partial charge >= 0.3 is 0 Å². The van der Waals surface area contributed by atoms with Crippen molar-refractivity contribution < 1.29 is 30.0 Å². The summed E-state index contributed by atoms with van der Waals surface area (Å²) in [6.45, 7) is 5.10. The Balaban J connectivity index is 4.17. The van der Waals surface area contributed by atoms with Crippen LogP contribution in [0.1, 0.15) is 20.8 Å². The van der Waals surface area contributed by atoms with Gasteiger partial charge in [-0.1, -0.05) is 0 Å². The standard InChI is InChI=1S/C10H20O6/c1-10(2,3)16-5-7(13)9(15)8(14)6(12)4-11/h4,6-9,12-15H,5H2,1-3H3/t6?,7?,8-,9-/m1/s1. The van der Waals surface area contributed by atoms with Gasteiger partial charge in [-0.05, 0) is 20.8 Å². The molecule has 0 rings (SSSR count). The van der Waals surface area contributed by atoms with Gasteiger partial charge in [0.25, 0.3) is 0 Å². The molecular formula is C10H20O6. The first-order chi connectivity index (χ1) is 7.19. The molecule has 0 saturated heterocycles. The van der Waals surface area contributed by atoms with Gasteiger partial charge < -0.3 is 30.0 Å². The van der Waals surface area contributed by atoms with Crippen LogP contribution in [0, 0.1) is 0 Å². The van der Waals surface area contributed by atoms with E-state index in [9.17, 15) is 20.1 Å². The molecule has 0 saturated carbocycles. The van der Waals surface area contributed by atoms with Crippen molar-refractivity contribution in [1.29, 1.82) is 0 Å². The van der Waals surface area contributed by atoms with E-state index < -0.39 is 30.0 Å². The number of hydrogen-bond acceptors (Lipinski definition) is 6. The minimum Gasteiger partial charge on any atom is -0.388 e. The first-order valence-electron chi connectivity index (χ1n) is 5.00. The Bertz CT molecular complexity index is 212. The average Bonchev–Trinajstić information content (AvgIpc) is 2.21. The largest absolute Gasteiger partial charge is 0.388 e. The van der Waals surface area contributed by atoms with Gasteiger partial charge in [0, 0.05) is 0 Å². The minimum atomic E-state index is -1.73. The molecule has 0 radical (unpaired) electrons. The SMILES string of the molecule is CC(C)(C)OCC(O)[C@@H](O)[C@H](O)C(O)C=O. The van der Waals surface area contributed by atoms with E-state index in [-0.39, 0.29) is 12.9 Å². The van der Waals surface area contributed by atoms with Crippen LogP contribution in [0.25, 0.3) is 0 Å². The molecule has 0 aliphatic heterocycles. The van der Waals surface area contributed by atoms with Crippen molar-refractivity contribution in [2.24, 2.45) is 0 Å². The topological polar surface area (TPSA) is 107 Å². The summed E-state index contributed by atoms with van der Waals surface area (Å²) >= 11 is 0. The third kappa shape index (κ3) is 5.53. The Hall–Kier alpha value is -0.530. The van der Waals surface area contributed by atoms with Crippen molar-refractivity contribution in [3.8, 4) is 0 Å². The smallest absolute Gasteiger partial charge is 0.151 e.